The van der Waals surface area contributed by atoms with E-state index in [2.05, 4.69) is 10.6 Å². The zero-order valence-corrected chi connectivity index (χ0v) is 16.2. The van der Waals surface area contributed by atoms with Gasteiger partial charge < -0.3 is 20.3 Å². The number of carbonyl (C=O) groups is 3. The highest BCUT2D eigenvalue weighted by molar-refractivity contribution is 7.80. The molecule has 1 aliphatic heterocycles. The third-order valence-corrected chi connectivity index (χ3v) is 5.24. The Balaban J connectivity index is 1.88. The number of unbranched alkanes of at least 4 members (excludes halogenated alkanes) is 1. The van der Waals surface area contributed by atoms with Crippen LogP contribution in [0.25, 0.3) is 0 Å². The second-order valence-corrected chi connectivity index (χ2v) is 7.37. The van der Waals surface area contributed by atoms with Crippen LogP contribution < -0.4 is 10.6 Å². The molecular formula is C18H29N3O4S. The van der Waals surface area contributed by atoms with Gasteiger partial charge in [0.05, 0.1) is 13.0 Å². The Kier molecular flexibility index (Phi) is 8.28. The summed E-state index contributed by atoms with van der Waals surface area (Å²) in [4.78, 5) is 38.0. The Labute approximate surface area is 160 Å². The molecule has 146 valence electrons. The zero-order valence-electron chi connectivity index (χ0n) is 15.4. The van der Waals surface area contributed by atoms with Crippen LogP contribution in [0.1, 0.15) is 58.3 Å². The number of nitrogens with zero attached hydrogens (tertiary/aromatic N) is 1. The molecule has 7 nitrogen and oxygen atoms in total. The predicted octanol–water partition coefficient (Wildman–Crippen LogP) is 1.50. The molecule has 8 heteroatoms. The number of thiocarbonyl (C=S) groups is 1. The molecule has 1 aliphatic carbocycles. The van der Waals surface area contributed by atoms with Gasteiger partial charge in [0.25, 0.3) is 0 Å². The van der Waals surface area contributed by atoms with Gasteiger partial charge in [-0.3, -0.25) is 14.4 Å². The lowest BCUT2D eigenvalue weighted by molar-refractivity contribution is -0.147. The lowest BCUT2D eigenvalue weighted by Crippen LogP contribution is -2.60. The number of esters is 1. The van der Waals surface area contributed by atoms with E-state index < -0.39 is 12.0 Å². The fourth-order valence-electron chi connectivity index (χ4n) is 3.43. The second-order valence-electron chi connectivity index (χ2n) is 6.99. The molecule has 0 aromatic heterocycles. The summed E-state index contributed by atoms with van der Waals surface area (Å²) in [7, 11) is 0. The predicted molar refractivity (Wildman–Crippen MR) is 101 cm³/mol. The standard InChI is InChI=1S/C18H29N3O4S/c1-2-3-10-25-16(23)12-14-17(24)19-8-9-21(14)18(26)20-15(22)11-13-6-4-5-7-13/h13-14H,2-12H2,1H3,(H,19,24)(H,20,22,26). The van der Waals surface area contributed by atoms with Crippen molar-refractivity contribution in [3.63, 3.8) is 0 Å². The molecule has 2 N–H and O–H groups in total. The van der Waals surface area contributed by atoms with Crippen LogP contribution in [-0.2, 0) is 19.1 Å². The van der Waals surface area contributed by atoms with Crippen molar-refractivity contribution in [1.82, 2.24) is 15.5 Å². The first-order valence-corrected chi connectivity index (χ1v) is 9.96. The molecule has 2 aliphatic rings. The van der Waals surface area contributed by atoms with E-state index in [0.717, 1.165) is 25.7 Å². The first-order chi connectivity index (χ1) is 12.5. The van der Waals surface area contributed by atoms with Gasteiger partial charge in [-0.25, -0.2) is 0 Å². The Morgan fingerprint density at radius 3 is 2.73 bits per heavy atom. The van der Waals surface area contributed by atoms with Crippen LogP contribution in [0, 0.1) is 5.92 Å². The minimum Gasteiger partial charge on any atom is -0.466 e. The normalized spacial score (nSPS) is 20.6. The summed E-state index contributed by atoms with van der Waals surface area (Å²) in [6, 6.07) is -0.739. The van der Waals surface area contributed by atoms with Crippen molar-refractivity contribution >= 4 is 35.1 Å². The second kappa shape index (κ2) is 10.4. The van der Waals surface area contributed by atoms with Gasteiger partial charge >= 0.3 is 5.97 Å². The lowest BCUT2D eigenvalue weighted by atomic mass is 10.0. The van der Waals surface area contributed by atoms with E-state index in [0.29, 0.717) is 32.0 Å². The molecule has 1 saturated carbocycles. The minimum absolute atomic E-state index is 0.0752. The number of piperazine rings is 1. The quantitative estimate of drug-likeness (QED) is 0.394. The van der Waals surface area contributed by atoms with Crippen molar-refractivity contribution in [3.8, 4) is 0 Å². The molecule has 1 heterocycles. The van der Waals surface area contributed by atoms with Crippen LogP contribution in [-0.4, -0.2) is 53.5 Å². The third-order valence-electron chi connectivity index (χ3n) is 4.91. The molecule has 2 fully saturated rings. The average molecular weight is 384 g/mol. The largest absolute Gasteiger partial charge is 0.466 e. The van der Waals surface area contributed by atoms with Crippen molar-refractivity contribution in [2.45, 2.75) is 64.3 Å². The molecule has 2 amide bonds. The number of hydrogen-bond donors (Lipinski definition) is 2. The van der Waals surface area contributed by atoms with Crippen molar-refractivity contribution in [1.29, 1.82) is 0 Å². The molecule has 1 unspecified atom stereocenters. The van der Waals surface area contributed by atoms with Crippen LogP contribution in [0.4, 0.5) is 0 Å². The maximum atomic E-state index is 12.2. The first-order valence-electron chi connectivity index (χ1n) is 9.55. The highest BCUT2D eigenvalue weighted by atomic mass is 32.1. The first kappa shape index (κ1) is 20.6. The summed E-state index contributed by atoms with van der Waals surface area (Å²) in [5.74, 6) is -0.384. The van der Waals surface area contributed by atoms with Gasteiger partial charge in [-0.2, -0.15) is 0 Å². The van der Waals surface area contributed by atoms with Crippen molar-refractivity contribution in [2.75, 3.05) is 19.7 Å². The van der Waals surface area contributed by atoms with Crippen LogP contribution >= 0.6 is 12.2 Å². The van der Waals surface area contributed by atoms with Gasteiger partial charge in [-0.05, 0) is 37.4 Å². The van der Waals surface area contributed by atoms with E-state index in [9.17, 15) is 14.4 Å². The highest BCUT2D eigenvalue weighted by Crippen LogP contribution is 2.27. The number of ether oxygens (including phenoxy) is 1. The average Bonchev–Trinajstić information content (AvgIpc) is 3.09. The summed E-state index contributed by atoms with van der Waals surface area (Å²) in [6.45, 7) is 3.25. The van der Waals surface area contributed by atoms with E-state index in [-0.39, 0.29) is 23.3 Å². The van der Waals surface area contributed by atoms with Crippen LogP contribution in [0.2, 0.25) is 0 Å². The van der Waals surface area contributed by atoms with E-state index in [1.807, 2.05) is 6.92 Å². The van der Waals surface area contributed by atoms with Crippen LogP contribution in [0.5, 0.6) is 0 Å². The Hall–Kier alpha value is -1.70. The van der Waals surface area contributed by atoms with Crippen molar-refractivity contribution < 1.29 is 19.1 Å². The van der Waals surface area contributed by atoms with E-state index in [4.69, 9.17) is 17.0 Å². The van der Waals surface area contributed by atoms with Gasteiger partial charge in [-0.1, -0.05) is 26.2 Å². The molecule has 0 bridgehead atoms. The van der Waals surface area contributed by atoms with Crippen molar-refractivity contribution in [3.05, 3.63) is 0 Å². The van der Waals surface area contributed by atoms with Gasteiger partial charge in [0, 0.05) is 19.5 Å². The molecule has 0 spiro atoms. The van der Waals surface area contributed by atoms with Crippen LogP contribution in [0.3, 0.4) is 0 Å². The summed E-state index contributed by atoms with van der Waals surface area (Å²) in [6.07, 6.45) is 6.63. The van der Waals surface area contributed by atoms with E-state index in [1.54, 1.807) is 4.90 Å². The molecular weight excluding hydrogens is 354 g/mol. The fraction of sp³-hybridized carbons (Fsp3) is 0.778. The Morgan fingerprint density at radius 2 is 2.04 bits per heavy atom. The summed E-state index contributed by atoms with van der Waals surface area (Å²) >= 11 is 5.34. The molecule has 0 aromatic rings. The zero-order chi connectivity index (χ0) is 18.9. The minimum atomic E-state index is -0.739. The molecule has 1 saturated heterocycles. The molecule has 0 aromatic carbocycles. The molecule has 2 rings (SSSR count). The number of amides is 2. The maximum Gasteiger partial charge on any atom is 0.308 e. The smallest absolute Gasteiger partial charge is 0.308 e. The number of hydrogen-bond acceptors (Lipinski definition) is 5. The monoisotopic (exact) mass is 383 g/mol. The van der Waals surface area contributed by atoms with Crippen LogP contribution in [0.15, 0.2) is 0 Å². The van der Waals surface area contributed by atoms with Gasteiger partial charge in [0.15, 0.2) is 5.11 Å². The maximum absolute atomic E-state index is 12.2. The Morgan fingerprint density at radius 1 is 1.31 bits per heavy atom. The molecule has 26 heavy (non-hydrogen) atoms. The van der Waals surface area contributed by atoms with Gasteiger partial charge in [0.2, 0.25) is 11.8 Å². The van der Waals surface area contributed by atoms with E-state index >= 15 is 0 Å². The summed E-state index contributed by atoms with van der Waals surface area (Å²) in [5.41, 5.74) is 0. The highest BCUT2D eigenvalue weighted by Gasteiger charge is 2.34. The van der Waals surface area contributed by atoms with Crippen molar-refractivity contribution in [2.24, 2.45) is 5.92 Å². The van der Waals surface area contributed by atoms with Gasteiger partial charge in [0.1, 0.15) is 6.04 Å². The summed E-state index contributed by atoms with van der Waals surface area (Å²) in [5, 5.41) is 5.70. The number of rotatable bonds is 7. The lowest BCUT2D eigenvalue weighted by Gasteiger charge is -2.36. The SMILES string of the molecule is CCCCOC(=O)CC1C(=O)NCCN1C(=S)NC(=O)CC1CCCC1. The molecule has 0 radical (unpaired) electrons. The number of nitrogens with one attached hydrogen (secondary N) is 2. The van der Waals surface area contributed by atoms with Gasteiger partial charge in [-0.15, -0.1) is 0 Å². The fourth-order valence-corrected chi connectivity index (χ4v) is 3.76. The topological polar surface area (TPSA) is 87.7 Å². The van der Waals surface area contributed by atoms with E-state index in [1.165, 1.54) is 12.8 Å². The number of carbonyl (C=O) groups excluding carboxylic acids is 3. The third kappa shape index (κ3) is 6.23. The Bertz CT molecular complexity index is 535. The summed E-state index contributed by atoms with van der Waals surface area (Å²) < 4.78 is 5.16. The molecule has 1 atom stereocenters.